The Kier molecular flexibility index (Phi) is 3.50. The molecule has 8 unspecified atom stereocenters. The third-order valence-corrected chi connectivity index (χ3v) is 9.23. The van der Waals surface area contributed by atoms with E-state index < -0.39 is 0 Å². The van der Waals surface area contributed by atoms with Crippen molar-refractivity contribution in [2.24, 2.45) is 46.7 Å². The molecule has 2 N–H and O–H groups in total. The van der Waals surface area contributed by atoms with Crippen LogP contribution in [0.4, 0.5) is 0 Å². The summed E-state index contributed by atoms with van der Waals surface area (Å²) in [6, 6.07) is 0.431. The van der Waals surface area contributed by atoms with Gasteiger partial charge in [0.05, 0.1) is 0 Å². The molecule has 138 valence electrons. The number of fused-ring (bicyclic) bond motifs is 9. The van der Waals surface area contributed by atoms with E-state index in [1.165, 1.54) is 57.8 Å². The monoisotopic (exact) mass is 347 g/mol. The van der Waals surface area contributed by atoms with Gasteiger partial charge < -0.3 is 5.73 Å². The lowest BCUT2D eigenvalue weighted by Crippen LogP contribution is -2.45. The zero-order chi connectivity index (χ0) is 17.3. The van der Waals surface area contributed by atoms with Crippen LogP contribution in [0.15, 0.2) is 47.6 Å². The second kappa shape index (κ2) is 5.71. The molecule has 0 bridgehead atoms. The Balaban J connectivity index is 1.58. The van der Waals surface area contributed by atoms with Gasteiger partial charge in [-0.25, -0.2) is 0 Å². The molecule has 0 aliphatic heterocycles. The number of allylic oxidation sites excluding steroid dienone is 8. The Morgan fingerprint density at radius 3 is 2.73 bits per heavy atom. The molecule has 26 heavy (non-hydrogen) atoms. The molecular weight excluding hydrogens is 314 g/mol. The highest BCUT2D eigenvalue weighted by Gasteiger charge is 2.67. The van der Waals surface area contributed by atoms with E-state index in [0.717, 1.165) is 35.5 Å². The van der Waals surface area contributed by atoms with Crippen molar-refractivity contribution in [2.45, 2.75) is 63.8 Å². The van der Waals surface area contributed by atoms with Crippen LogP contribution in [-0.4, -0.2) is 6.04 Å². The minimum absolute atomic E-state index is 0.409. The normalized spacial score (nSPS) is 51.3. The van der Waals surface area contributed by atoms with E-state index in [9.17, 15) is 0 Å². The van der Waals surface area contributed by atoms with Crippen molar-refractivity contribution in [3.8, 4) is 0 Å². The largest absolute Gasteiger partial charge is 0.328 e. The first-order chi connectivity index (χ1) is 12.8. The van der Waals surface area contributed by atoms with Crippen molar-refractivity contribution in [2.75, 3.05) is 0 Å². The van der Waals surface area contributed by atoms with Crippen LogP contribution in [-0.2, 0) is 0 Å². The van der Waals surface area contributed by atoms with Crippen molar-refractivity contribution in [1.29, 1.82) is 0 Å². The van der Waals surface area contributed by atoms with Gasteiger partial charge in [0, 0.05) is 11.5 Å². The van der Waals surface area contributed by atoms with Crippen LogP contribution >= 0.6 is 0 Å². The molecule has 1 nitrogen and oxygen atoms in total. The van der Waals surface area contributed by atoms with Gasteiger partial charge in [-0.2, -0.15) is 0 Å². The highest BCUT2D eigenvalue weighted by atomic mass is 14.7. The zero-order valence-corrected chi connectivity index (χ0v) is 15.9. The quantitative estimate of drug-likeness (QED) is 0.571. The molecule has 0 aromatic heterocycles. The fourth-order valence-corrected chi connectivity index (χ4v) is 8.64. The van der Waals surface area contributed by atoms with E-state index in [2.05, 4.69) is 36.5 Å². The fourth-order valence-electron chi connectivity index (χ4n) is 8.64. The van der Waals surface area contributed by atoms with Gasteiger partial charge in [-0.15, -0.1) is 0 Å². The Labute approximate surface area is 158 Å². The standard InChI is InChI=1S/C25H33N/c26-16-13-14-20-19-9-3-6-12-23(19)25(24(20)15-16)21-10-4-1-7-17(21)18-8-2-5-11-22(18)25/h3-5,9-11,16-17,19-21,23-24H,1-2,6-8,12-15,26H2. The van der Waals surface area contributed by atoms with E-state index in [1.54, 1.807) is 0 Å². The Hall–Kier alpha value is -1.08. The Morgan fingerprint density at radius 1 is 0.885 bits per heavy atom. The van der Waals surface area contributed by atoms with Crippen LogP contribution in [0.1, 0.15) is 57.8 Å². The van der Waals surface area contributed by atoms with Gasteiger partial charge in [0.25, 0.3) is 0 Å². The van der Waals surface area contributed by atoms with Gasteiger partial charge in [0.2, 0.25) is 0 Å². The van der Waals surface area contributed by atoms with Gasteiger partial charge in [-0.05, 0) is 98.9 Å². The first-order valence-corrected chi connectivity index (χ1v) is 11.3. The van der Waals surface area contributed by atoms with E-state index in [-0.39, 0.29) is 0 Å². The summed E-state index contributed by atoms with van der Waals surface area (Å²) in [6.45, 7) is 0. The molecule has 1 spiro atoms. The minimum Gasteiger partial charge on any atom is -0.328 e. The van der Waals surface area contributed by atoms with Crippen molar-refractivity contribution in [1.82, 2.24) is 0 Å². The molecule has 0 amide bonds. The summed E-state index contributed by atoms with van der Waals surface area (Å²) in [4.78, 5) is 0. The first kappa shape index (κ1) is 15.9. The fraction of sp³-hybridized carbons (Fsp3) is 0.680. The van der Waals surface area contributed by atoms with Crippen molar-refractivity contribution in [3.05, 3.63) is 47.6 Å². The number of hydrogen-bond donors (Lipinski definition) is 1. The molecular formula is C25H33N. The SMILES string of the molecule is NC1CCC2C3C=CCCC3C3(C4=C(CCC=C4)C4CCC=CC43)C2C1. The second-order valence-electron chi connectivity index (χ2n) is 9.98. The zero-order valence-electron chi connectivity index (χ0n) is 15.9. The molecule has 0 aromatic rings. The van der Waals surface area contributed by atoms with Crippen molar-refractivity contribution >= 4 is 0 Å². The molecule has 0 radical (unpaired) electrons. The van der Waals surface area contributed by atoms with Gasteiger partial charge in [0.15, 0.2) is 0 Å². The lowest BCUT2D eigenvalue weighted by Gasteiger charge is -2.48. The number of nitrogens with two attached hydrogens (primary N) is 1. The molecule has 1 heteroatoms. The molecule has 0 saturated heterocycles. The average molecular weight is 348 g/mol. The molecule has 6 rings (SSSR count). The third kappa shape index (κ3) is 1.86. The summed E-state index contributed by atoms with van der Waals surface area (Å²) < 4.78 is 0. The highest BCUT2D eigenvalue weighted by molar-refractivity contribution is 5.49. The summed E-state index contributed by atoms with van der Waals surface area (Å²) in [6.07, 6.45) is 27.3. The Morgan fingerprint density at radius 2 is 1.77 bits per heavy atom. The lowest BCUT2D eigenvalue weighted by atomic mass is 9.55. The maximum Gasteiger partial charge on any atom is 0.00866 e. The van der Waals surface area contributed by atoms with Gasteiger partial charge in [0.1, 0.15) is 0 Å². The van der Waals surface area contributed by atoms with Crippen LogP contribution in [0.2, 0.25) is 0 Å². The van der Waals surface area contributed by atoms with Gasteiger partial charge in [-0.1, -0.05) is 42.0 Å². The smallest absolute Gasteiger partial charge is 0.00866 e. The predicted octanol–water partition coefficient (Wildman–Crippen LogP) is 5.56. The molecule has 6 aliphatic rings. The van der Waals surface area contributed by atoms with Crippen LogP contribution in [0.3, 0.4) is 0 Å². The molecule has 2 saturated carbocycles. The lowest BCUT2D eigenvalue weighted by molar-refractivity contribution is 0.0697. The van der Waals surface area contributed by atoms with Crippen molar-refractivity contribution in [3.63, 3.8) is 0 Å². The molecule has 6 aliphatic carbocycles. The van der Waals surface area contributed by atoms with E-state index in [1.807, 2.05) is 11.1 Å². The van der Waals surface area contributed by atoms with Crippen LogP contribution in [0.25, 0.3) is 0 Å². The summed E-state index contributed by atoms with van der Waals surface area (Å²) in [5.41, 5.74) is 10.7. The number of rotatable bonds is 0. The summed E-state index contributed by atoms with van der Waals surface area (Å²) in [7, 11) is 0. The molecule has 2 fully saturated rings. The predicted molar refractivity (Wildman–Crippen MR) is 107 cm³/mol. The summed E-state index contributed by atoms with van der Waals surface area (Å²) in [5.74, 6) is 4.98. The van der Waals surface area contributed by atoms with Gasteiger partial charge >= 0.3 is 0 Å². The molecule has 8 atom stereocenters. The number of hydrogen-bond acceptors (Lipinski definition) is 1. The maximum absolute atomic E-state index is 6.60. The first-order valence-electron chi connectivity index (χ1n) is 11.3. The van der Waals surface area contributed by atoms with Gasteiger partial charge in [-0.3, -0.25) is 0 Å². The Bertz CT molecular complexity index is 724. The van der Waals surface area contributed by atoms with Crippen LogP contribution < -0.4 is 5.73 Å². The maximum atomic E-state index is 6.60. The minimum atomic E-state index is 0.409. The van der Waals surface area contributed by atoms with Crippen LogP contribution in [0, 0.1) is 40.9 Å². The topological polar surface area (TPSA) is 26.0 Å². The van der Waals surface area contributed by atoms with E-state index >= 15 is 0 Å². The van der Waals surface area contributed by atoms with E-state index in [4.69, 9.17) is 5.73 Å². The van der Waals surface area contributed by atoms with Crippen molar-refractivity contribution < 1.29 is 0 Å². The summed E-state index contributed by atoms with van der Waals surface area (Å²) in [5, 5.41) is 0. The van der Waals surface area contributed by atoms with E-state index in [0.29, 0.717) is 11.5 Å². The van der Waals surface area contributed by atoms with Crippen LogP contribution in [0.5, 0.6) is 0 Å². The summed E-state index contributed by atoms with van der Waals surface area (Å²) >= 11 is 0. The highest BCUT2D eigenvalue weighted by Crippen LogP contribution is 2.73. The average Bonchev–Trinajstić information content (AvgIpc) is 3.15. The molecule has 0 heterocycles. The second-order valence-corrected chi connectivity index (χ2v) is 9.98. The third-order valence-electron chi connectivity index (χ3n) is 9.23. The molecule has 0 aromatic carbocycles.